The predicted molar refractivity (Wildman–Crippen MR) is 106 cm³/mol. The van der Waals surface area contributed by atoms with Crippen LogP contribution < -0.4 is 5.32 Å². The van der Waals surface area contributed by atoms with Crippen LogP contribution >= 0.6 is 0 Å². The molecule has 3 N–H and O–H groups in total. The average Bonchev–Trinajstić information content (AvgIpc) is 2.99. The fraction of sp³-hybridized carbons (Fsp3) is 0.450. The standard InChI is InChI=1S/C16H20FN3O3.C4H6O4/c1-10(20-14(21)8-13(16(20)23)19(2)3)15(22)18-9-11-6-4-5-7-12(11)17;5-3(6)1-2-4(7)8/h4-7,10,13H,8-9H2,1-3H3,(H,18,22);1-2H2,(H,5,6)(H,7,8)/t10-,13?;/m1./s1. The Labute approximate surface area is 178 Å². The molecule has 1 heterocycles. The van der Waals surface area contributed by atoms with Crippen molar-refractivity contribution < 1.29 is 38.6 Å². The number of carbonyl (C=O) groups excluding carboxylic acids is 3. The summed E-state index contributed by atoms with van der Waals surface area (Å²) in [4.78, 5) is 58.4. The summed E-state index contributed by atoms with van der Waals surface area (Å²) in [5.41, 5.74) is 0.346. The number of benzene rings is 1. The number of nitrogens with one attached hydrogen (secondary N) is 1. The molecule has 0 radical (unpaired) electrons. The van der Waals surface area contributed by atoms with Crippen molar-refractivity contribution in [2.45, 2.75) is 44.8 Å². The Morgan fingerprint density at radius 2 is 1.71 bits per heavy atom. The molecule has 1 fully saturated rings. The maximum Gasteiger partial charge on any atom is 0.303 e. The van der Waals surface area contributed by atoms with Gasteiger partial charge in [0.1, 0.15) is 11.9 Å². The van der Waals surface area contributed by atoms with Crippen LogP contribution in [0.5, 0.6) is 0 Å². The van der Waals surface area contributed by atoms with Crippen molar-refractivity contribution in [3.8, 4) is 0 Å². The number of halogens is 1. The maximum atomic E-state index is 13.5. The maximum absolute atomic E-state index is 13.5. The summed E-state index contributed by atoms with van der Waals surface area (Å²) in [5, 5.41) is 18.4. The van der Waals surface area contributed by atoms with Crippen molar-refractivity contribution in [2.24, 2.45) is 0 Å². The Kier molecular flexibility index (Phi) is 9.74. The molecule has 3 amide bonds. The molecule has 2 atom stereocenters. The van der Waals surface area contributed by atoms with E-state index in [0.29, 0.717) is 5.56 Å². The fourth-order valence-corrected chi connectivity index (χ4v) is 2.75. The first-order valence-electron chi connectivity index (χ1n) is 9.42. The average molecular weight is 439 g/mol. The van der Waals surface area contributed by atoms with E-state index in [4.69, 9.17) is 10.2 Å². The normalized spacial score (nSPS) is 16.5. The molecule has 170 valence electrons. The number of carboxylic acid groups (broad SMARTS) is 2. The number of rotatable bonds is 8. The molecule has 1 saturated heterocycles. The summed E-state index contributed by atoms with van der Waals surface area (Å²) in [6.45, 7) is 1.49. The van der Waals surface area contributed by atoms with E-state index in [-0.39, 0.29) is 37.6 Å². The van der Waals surface area contributed by atoms with E-state index in [1.54, 1.807) is 37.2 Å². The molecule has 1 aliphatic rings. The van der Waals surface area contributed by atoms with E-state index < -0.39 is 35.7 Å². The summed E-state index contributed by atoms with van der Waals surface area (Å²) < 4.78 is 13.5. The second-order valence-corrected chi connectivity index (χ2v) is 7.06. The van der Waals surface area contributed by atoms with Gasteiger partial charge in [0.25, 0.3) is 0 Å². The Hall–Kier alpha value is -3.34. The molecule has 2 rings (SSSR count). The van der Waals surface area contributed by atoms with Gasteiger partial charge < -0.3 is 15.5 Å². The number of amides is 3. The molecule has 31 heavy (non-hydrogen) atoms. The van der Waals surface area contributed by atoms with Gasteiger partial charge in [-0.15, -0.1) is 0 Å². The second kappa shape index (κ2) is 11.7. The highest BCUT2D eigenvalue weighted by Gasteiger charge is 2.43. The number of likely N-dealkylation sites (N-methyl/N-ethyl adjacent to an activating group) is 1. The number of carbonyl (C=O) groups is 5. The topological polar surface area (TPSA) is 144 Å². The van der Waals surface area contributed by atoms with Gasteiger partial charge in [-0.2, -0.15) is 0 Å². The first kappa shape index (κ1) is 25.7. The lowest BCUT2D eigenvalue weighted by Crippen LogP contribution is -2.49. The van der Waals surface area contributed by atoms with Crippen molar-refractivity contribution in [1.82, 2.24) is 15.1 Å². The lowest BCUT2D eigenvalue weighted by Gasteiger charge is -2.23. The van der Waals surface area contributed by atoms with Crippen molar-refractivity contribution in [3.63, 3.8) is 0 Å². The number of nitrogens with zero attached hydrogens (tertiary/aromatic N) is 2. The molecule has 1 aromatic rings. The van der Waals surface area contributed by atoms with Gasteiger partial charge in [-0.25, -0.2) is 4.39 Å². The molecule has 1 aromatic carbocycles. The SMILES string of the molecule is C[C@H](C(=O)NCc1ccccc1F)N1C(=O)CC(N(C)C)C1=O.O=C(O)CCC(=O)O. The highest BCUT2D eigenvalue weighted by Crippen LogP contribution is 2.19. The van der Waals surface area contributed by atoms with Crippen molar-refractivity contribution in [1.29, 1.82) is 0 Å². The predicted octanol–water partition coefficient (Wildman–Crippen LogP) is 0.455. The minimum atomic E-state index is -1.08. The summed E-state index contributed by atoms with van der Waals surface area (Å²) in [6.07, 6.45) is -0.526. The van der Waals surface area contributed by atoms with Crippen LogP contribution in [0.3, 0.4) is 0 Å². The third kappa shape index (κ3) is 7.78. The van der Waals surface area contributed by atoms with Gasteiger partial charge in [0.05, 0.1) is 25.3 Å². The minimum absolute atomic E-state index is 0.00315. The molecule has 11 heteroatoms. The lowest BCUT2D eigenvalue weighted by molar-refractivity contribution is -0.147. The van der Waals surface area contributed by atoms with E-state index in [2.05, 4.69) is 5.32 Å². The van der Waals surface area contributed by atoms with Crippen LogP contribution in [0.4, 0.5) is 4.39 Å². The van der Waals surface area contributed by atoms with E-state index >= 15 is 0 Å². The van der Waals surface area contributed by atoms with Gasteiger partial charge >= 0.3 is 11.9 Å². The second-order valence-electron chi connectivity index (χ2n) is 7.06. The monoisotopic (exact) mass is 439 g/mol. The van der Waals surface area contributed by atoms with Gasteiger partial charge in [-0.3, -0.25) is 33.8 Å². The van der Waals surface area contributed by atoms with Gasteiger partial charge in [-0.1, -0.05) is 18.2 Å². The molecule has 1 aliphatic heterocycles. The molecule has 1 unspecified atom stereocenters. The summed E-state index contributed by atoms with van der Waals surface area (Å²) in [6, 6.07) is 4.64. The molecule has 0 saturated carbocycles. The highest BCUT2D eigenvalue weighted by atomic mass is 19.1. The number of carboxylic acids is 2. The third-order valence-electron chi connectivity index (χ3n) is 4.51. The molecule has 0 spiro atoms. The first-order valence-corrected chi connectivity index (χ1v) is 9.42. The number of imide groups is 1. The number of aliphatic carboxylic acids is 2. The highest BCUT2D eigenvalue weighted by molar-refractivity contribution is 6.08. The molecule has 0 aromatic heterocycles. The van der Waals surface area contributed by atoms with Crippen LogP contribution in [0.25, 0.3) is 0 Å². The first-order chi connectivity index (χ1) is 14.5. The van der Waals surface area contributed by atoms with Crippen LogP contribution in [0.2, 0.25) is 0 Å². The zero-order valence-corrected chi connectivity index (χ0v) is 17.5. The van der Waals surface area contributed by atoms with E-state index in [1.807, 2.05) is 0 Å². The summed E-state index contributed by atoms with van der Waals surface area (Å²) in [7, 11) is 3.42. The van der Waals surface area contributed by atoms with Gasteiger partial charge in [0.15, 0.2) is 0 Å². The van der Waals surface area contributed by atoms with Crippen molar-refractivity contribution >= 4 is 29.7 Å². The van der Waals surface area contributed by atoms with E-state index in [0.717, 1.165) is 4.90 Å². The van der Waals surface area contributed by atoms with Crippen LogP contribution in [-0.4, -0.2) is 75.9 Å². The quantitative estimate of drug-likeness (QED) is 0.496. The molecule has 10 nitrogen and oxygen atoms in total. The van der Waals surface area contributed by atoms with Crippen molar-refractivity contribution in [3.05, 3.63) is 35.6 Å². The fourth-order valence-electron chi connectivity index (χ4n) is 2.75. The van der Waals surface area contributed by atoms with Crippen molar-refractivity contribution in [2.75, 3.05) is 14.1 Å². The zero-order valence-electron chi connectivity index (χ0n) is 17.5. The Balaban J connectivity index is 0.000000512. The van der Waals surface area contributed by atoms with E-state index in [1.165, 1.54) is 13.0 Å². The third-order valence-corrected chi connectivity index (χ3v) is 4.51. The molecule has 0 bridgehead atoms. The van der Waals surface area contributed by atoms with Crippen LogP contribution in [0.1, 0.15) is 31.7 Å². The zero-order chi connectivity index (χ0) is 23.7. The summed E-state index contributed by atoms with van der Waals surface area (Å²) >= 11 is 0. The van der Waals surface area contributed by atoms with Crippen LogP contribution in [-0.2, 0) is 30.5 Å². The van der Waals surface area contributed by atoms with Gasteiger partial charge in [0.2, 0.25) is 17.7 Å². The van der Waals surface area contributed by atoms with E-state index in [9.17, 15) is 28.4 Å². The van der Waals surface area contributed by atoms with Crippen LogP contribution in [0, 0.1) is 5.82 Å². The van der Waals surface area contributed by atoms with Gasteiger partial charge in [-0.05, 0) is 27.1 Å². The number of likely N-dealkylation sites (tertiary alicyclic amines) is 1. The Morgan fingerprint density at radius 3 is 2.16 bits per heavy atom. The number of hydrogen-bond donors (Lipinski definition) is 3. The Bertz CT molecular complexity index is 830. The minimum Gasteiger partial charge on any atom is -0.481 e. The smallest absolute Gasteiger partial charge is 0.303 e. The molecular weight excluding hydrogens is 413 g/mol. The Morgan fingerprint density at radius 1 is 1.16 bits per heavy atom. The largest absolute Gasteiger partial charge is 0.481 e. The van der Waals surface area contributed by atoms with Crippen LogP contribution in [0.15, 0.2) is 24.3 Å². The summed E-state index contributed by atoms with van der Waals surface area (Å²) in [5.74, 6) is -3.81. The molecular formula is C20H26FN3O7. The number of hydrogen-bond acceptors (Lipinski definition) is 6. The molecule has 0 aliphatic carbocycles. The lowest BCUT2D eigenvalue weighted by atomic mass is 10.2. The van der Waals surface area contributed by atoms with Gasteiger partial charge in [0, 0.05) is 12.1 Å².